The minimum Gasteiger partial charge on any atom is -0.181 e. The molecule has 0 atom stereocenters. The topological polar surface area (TPSA) is 51.6 Å². The third kappa shape index (κ3) is 0.910. The van der Waals surface area contributed by atoms with Gasteiger partial charge in [-0.25, -0.2) is 0 Å². The van der Waals surface area contributed by atoms with Gasteiger partial charge in [0.15, 0.2) is 5.01 Å². The molecule has 0 radical (unpaired) electrons. The van der Waals surface area contributed by atoms with E-state index < -0.39 is 0 Å². The van der Waals surface area contributed by atoms with E-state index >= 15 is 0 Å². The zero-order valence-electron chi connectivity index (χ0n) is 4.76. The van der Waals surface area contributed by atoms with Crippen LogP contribution in [0.4, 0.5) is 0 Å². The van der Waals surface area contributed by atoms with E-state index in [1.165, 1.54) is 23.1 Å². The fourth-order valence-electron chi connectivity index (χ4n) is 0.544. The predicted octanol–water partition coefficient (Wildman–Crippen LogP) is 1.06. The molecule has 2 rings (SSSR count). The highest BCUT2D eigenvalue weighted by Crippen LogP contribution is 2.17. The molecule has 2 heterocycles. The lowest BCUT2D eigenvalue weighted by molar-refractivity contribution is 1.09. The molecule has 0 fully saturated rings. The maximum atomic E-state index is 4.00. The Hall–Kier alpha value is -0.880. The normalized spacial score (nSPS) is 10.0. The van der Waals surface area contributed by atoms with Crippen molar-refractivity contribution >= 4 is 23.1 Å². The highest BCUT2D eigenvalue weighted by Gasteiger charge is 2.02. The second-order valence-corrected chi connectivity index (χ2v) is 2.93. The van der Waals surface area contributed by atoms with E-state index in [-0.39, 0.29) is 0 Å². The maximum absolute atomic E-state index is 4.00. The molecule has 0 spiro atoms. The van der Waals surface area contributed by atoms with Crippen molar-refractivity contribution in [1.82, 2.24) is 18.9 Å². The smallest absolute Gasteiger partial charge is 0.168 e. The third-order valence-corrected chi connectivity index (χ3v) is 2.13. The average molecular weight is 170 g/mol. The Balaban J connectivity index is 2.48. The van der Waals surface area contributed by atoms with Crippen LogP contribution in [0.5, 0.6) is 0 Å². The van der Waals surface area contributed by atoms with Crippen LogP contribution in [0.15, 0.2) is 11.7 Å². The molecule has 0 amide bonds. The Kier molecular flexibility index (Phi) is 1.40. The first-order chi connectivity index (χ1) is 4.97. The van der Waals surface area contributed by atoms with Gasteiger partial charge in [0.1, 0.15) is 11.2 Å². The third-order valence-electron chi connectivity index (χ3n) is 0.940. The summed E-state index contributed by atoms with van der Waals surface area (Å²) >= 11 is 2.64. The Morgan fingerprint density at radius 1 is 1.40 bits per heavy atom. The van der Waals surface area contributed by atoms with E-state index in [0.717, 1.165) is 10.7 Å². The Morgan fingerprint density at radius 3 is 3.00 bits per heavy atom. The summed E-state index contributed by atoms with van der Waals surface area (Å²) < 4.78 is 7.84. The molecule has 10 heavy (non-hydrogen) atoms. The number of hydrogen-bond donors (Lipinski definition) is 0. The van der Waals surface area contributed by atoms with Crippen molar-refractivity contribution < 1.29 is 0 Å². The van der Waals surface area contributed by atoms with Crippen LogP contribution in [-0.4, -0.2) is 18.9 Å². The summed E-state index contributed by atoms with van der Waals surface area (Å²) in [5, 5.41) is 8.34. The molecule has 4 nitrogen and oxygen atoms in total. The van der Waals surface area contributed by atoms with Crippen molar-refractivity contribution in [2.75, 3.05) is 0 Å². The Morgan fingerprint density at radius 2 is 2.40 bits per heavy atom. The fraction of sp³-hybridized carbons (Fsp3) is 0. The van der Waals surface area contributed by atoms with Crippen molar-refractivity contribution in [1.29, 1.82) is 0 Å². The van der Waals surface area contributed by atoms with Crippen LogP contribution >= 0.6 is 23.1 Å². The monoisotopic (exact) mass is 170 g/mol. The van der Waals surface area contributed by atoms with Crippen LogP contribution < -0.4 is 0 Å². The highest BCUT2D eigenvalue weighted by molar-refractivity contribution is 7.12. The number of rotatable bonds is 1. The fourth-order valence-corrected chi connectivity index (χ4v) is 1.52. The van der Waals surface area contributed by atoms with Gasteiger partial charge in [0.25, 0.3) is 0 Å². The van der Waals surface area contributed by atoms with E-state index in [4.69, 9.17) is 0 Å². The highest BCUT2D eigenvalue weighted by atomic mass is 32.1. The molecule has 6 heteroatoms. The van der Waals surface area contributed by atoms with E-state index in [2.05, 4.69) is 18.9 Å². The molecule has 0 aliphatic rings. The minimum absolute atomic E-state index is 0.813. The number of nitrogens with zero attached hydrogens (tertiary/aromatic N) is 4. The van der Waals surface area contributed by atoms with Gasteiger partial charge in [0.05, 0.1) is 17.9 Å². The summed E-state index contributed by atoms with van der Waals surface area (Å²) in [7, 11) is 0. The maximum Gasteiger partial charge on any atom is 0.168 e. The second-order valence-electron chi connectivity index (χ2n) is 1.54. The standard InChI is InChI=1S/C4H2N4S2/c1-3(8-10-6-1)4-7-5-2-9-4/h1-2H. The van der Waals surface area contributed by atoms with Crippen molar-refractivity contribution in [2.45, 2.75) is 0 Å². The summed E-state index contributed by atoms with van der Waals surface area (Å²) in [6, 6.07) is 0. The van der Waals surface area contributed by atoms with Crippen LogP contribution in [0.3, 0.4) is 0 Å². The van der Waals surface area contributed by atoms with Crippen LogP contribution in [0, 0.1) is 0 Å². The molecule has 2 aromatic heterocycles. The van der Waals surface area contributed by atoms with E-state index in [9.17, 15) is 0 Å². The minimum atomic E-state index is 0.813. The van der Waals surface area contributed by atoms with Gasteiger partial charge in [-0.15, -0.1) is 10.2 Å². The first kappa shape index (κ1) is 5.87. The molecule has 0 bridgehead atoms. The lowest BCUT2D eigenvalue weighted by atomic mass is 10.5. The van der Waals surface area contributed by atoms with Crippen LogP contribution in [-0.2, 0) is 0 Å². The molecule has 0 aliphatic carbocycles. The Labute approximate surface area is 64.9 Å². The van der Waals surface area contributed by atoms with Gasteiger partial charge in [-0.3, -0.25) is 0 Å². The van der Waals surface area contributed by atoms with Crippen molar-refractivity contribution in [3.8, 4) is 10.7 Å². The van der Waals surface area contributed by atoms with Crippen LogP contribution in [0.2, 0.25) is 0 Å². The van der Waals surface area contributed by atoms with E-state index in [1.807, 2.05) is 0 Å². The lowest BCUT2D eigenvalue weighted by Crippen LogP contribution is -1.73. The molecular formula is C4H2N4S2. The SMILES string of the molecule is c1nnc(-c2cnsn2)s1. The quantitative estimate of drug-likeness (QED) is 0.642. The van der Waals surface area contributed by atoms with E-state index in [1.54, 1.807) is 11.7 Å². The Bertz CT molecular complexity index is 255. The summed E-state index contributed by atoms with van der Waals surface area (Å²) in [6.07, 6.45) is 1.69. The van der Waals surface area contributed by atoms with Crippen LogP contribution in [0.1, 0.15) is 0 Å². The zero-order chi connectivity index (χ0) is 6.81. The second kappa shape index (κ2) is 2.39. The van der Waals surface area contributed by atoms with Gasteiger partial charge in [-0.1, -0.05) is 11.3 Å². The van der Waals surface area contributed by atoms with Gasteiger partial charge >= 0.3 is 0 Å². The molecule has 0 saturated carbocycles. The summed E-state index contributed by atoms with van der Waals surface area (Å²) in [5.41, 5.74) is 2.49. The molecule has 2 aromatic rings. The van der Waals surface area contributed by atoms with Crippen molar-refractivity contribution in [3.63, 3.8) is 0 Å². The van der Waals surface area contributed by atoms with Gasteiger partial charge in [0, 0.05) is 0 Å². The lowest BCUT2D eigenvalue weighted by Gasteiger charge is -1.78. The summed E-state index contributed by atoms with van der Waals surface area (Å²) in [6.45, 7) is 0. The van der Waals surface area contributed by atoms with Crippen LogP contribution in [0.25, 0.3) is 10.7 Å². The van der Waals surface area contributed by atoms with Gasteiger partial charge in [-0.05, 0) is 0 Å². The average Bonchev–Trinajstić information content (AvgIpc) is 2.59. The van der Waals surface area contributed by atoms with Gasteiger partial charge in [-0.2, -0.15) is 8.75 Å². The molecule has 0 unspecified atom stereocenters. The molecule has 0 aromatic carbocycles. The zero-order valence-corrected chi connectivity index (χ0v) is 6.39. The van der Waals surface area contributed by atoms with E-state index in [0.29, 0.717) is 0 Å². The first-order valence-corrected chi connectivity index (χ1v) is 4.12. The molecular weight excluding hydrogens is 168 g/mol. The first-order valence-electron chi connectivity index (χ1n) is 2.51. The predicted molar refractivity (Wildman–Crippen MR) is 38.8 cm³/mol. The molecule has 50 valence electrons. The summed E-state index contributed by atoms with van der Waals surface area (Å²) in [5.74, 6) is 0. The number of hydrogen-bond acceptors (Lipinski definition) is 6. The summed E-state index contributed by atoms with van der Waals surface area (Å²) in [4.78, 5) is 0. The number of aromatic nitrogens is 4. The van der Waals surface area contributed by atoms with Gasteiger partial charge in [0.2, 0.25) is 0 Å². The molecule has 0 saturated heterocycles. The molecule has 0 aliphatic heterocycles. The van der Waals surface area contributed by atoms with Crippen molar-refractivity contribution in [2.24, 2.45) is 0 Å². The largest absolute Gasteiger partial charge is 0.181 e. The molecule has 0 N–H and O–H groups in total. The van der Waals surface area contributed by atoms with Crippen molar-refractivity contribution in [3.05, 3.63) is 11.7 Å². The van der Waals surface area contributed by atoms with Gasteiger partial charge < -0.3 is 0 Å².